The predicted molar refractivity (Wildman–Crippen MR) is 115 cm³/mol. The van der Waals surface area contributed by atoms with E-state index in [0.29, 0.717) is 25.0 Å². The third-order valence-electron chi connectivity index (χ3n) is 5.20. The van der Waals surface area contributed by atoms with Gasteiger partial charge in [-0.25, -0.2) is 13.1 Å². The standard InChI is InChI=1S/C22H27NO7S/c1-3-11-31(27,28)23-10-4-5-17-21(26)20-18(25)12-15(24)13-19(20)30-22(17)14-6-8-16(29-2)9-7-14/h6-9,12-13,17,22-25H,3-5,10-11H2,1-2H3. The first-order chi connectivity index (χ1) is 14.8. The summed E-state index contributed by atoms with van der Waals surface area (Å²) >= 11 is 0. The van der Waals surface area contributed by atoms with Crippen LogP contribution in [0.25, 0.3) is 0 Å². The first-order valence-corrected chi connectivity index (χ1v) is 11.8. The zero-order chi connectivity index (χ0) is 22.6. The molecule has 2 aromatic carbocycles. The maximum Gasteiger partial charge on any atom is 0.211 e. The number of methoxy groups -OCH3 is 1. The number of ether oxygens (including phenoxy) is 2. The van der Waals surface area contributed by atoms with Crippen LogP contribution in [-0.2, 0) is 10.0 Å². The SMILES string of the molecule is CCCS(=O)(=O)NCCCC1C(=O)c2c(O)cc(O)cc2OC1c1ccc(OC)cc1. The lowest BCUT2D eigenvalue weighted by Crippen LogP contribution is -2.33. The van der Waals surface area contributed by atoms with Gasteiger partial charge in [0.25, 0.3) is 0 Å². The molecule has 0 bridgehead atoms. The molecule has 168 valence electrons. The molecule has 2 unspecified atom stereocenters. The number of ketones is 1. The zero-order valence-corrected chi connectivity index (χ0v) is 18.3. The van der Waals surface area contributed by atoms with Crippen LogP contribution in [0.2, 0.25) is 0 Å². The number of fused-ring (bicyclic) bond motifs is 1. The first-order valence-electron chi connectivity index (χ1n) is 10.1. The highest BCUT2D eigenvalue weighted by Gasteiger charge is 2.39. The van der Waals surface area contributed by atoms with Gasteiger partial charge in [-0.1, -0.05) is 19.1 Å². The molecule has 0 spiro atoms. The van der Waals surface area contributed by atoms with Gasteiger partial charge >= 0.3 is 0 Å². The van der Waals surface area contributed by atoms with Gasteiger partial charge in [0.1, 0.15) is 34.7 Å². The summed E-state index contributed by atoms with van der Waals surface area (Å²) in [6.07, 6.45) is 0.638. The lowest BCUT2D eigenvalue weighted by Gasteiger charge is -2.33. The highest BCUT2D eigenvalue weighted by Crippen LogP contribution is 2.45. The molecule has 1 aliphatic heterocycles. The fourth-order valence-corrected chi connectivity index (χ4v) is 4.87. The average molecular weight is 450 g/mol. The van der Waals surface area contributed by atoms with Crippen LogP contribution in [0.15, 0.2) is 36.4 Å². The summed E-state index contributed by atoms with van der Waals surface area (Å²) in [7, 11) is -1.77. The topological polar surface area (TPSA) is 122 Å². The minimum atomic E-state index is -3.33. The van der Waals surface area contributed by atoms with Gasteiger partial charge < -0.3 is 19.7 Å². The Morgan fingerprint density at radius 2 is 1.87 bits per heavy atom. The molecule has 0 saturated carbocycles. The average Bonchev–Trinajstić information content (AvgIpc) is 2.71. The number of rotatable bonds is 9. The van der Waals surface area contributed by atoms with Crippen molar-refractivity contribution in [2.45, 2.75) is 32.3 Å². The minimum Gasteiger partial charge on any atom is -0.508 e. The van der Waals surface area contributed by atoms with Crippen molar-refractivity contribution in [3.8, 4) is 23.0 Å². The minimum absolute atomic E-state index is 0.0270. The molecule has 0 fully saturated rings. The molecule has 2 atom stereocenters. The van der Waals surface area contributed by atoms with Crippen LogP contribution >= 0.6 is 0 Å². The summed E-state index contributed by atoms with van der Waals surface area (Å²) in [6, 6.07) is 9.51. The van der Waals surface area contributed by atoms with Crippen LogP contribution in [0.3, 0.4) is 0 Å². The summed E-state index contributed by atoms with van der Waals surface area (Å²) in [5, 5.41) is 20.0. The molecule has 3 N–H and O–H groups in total. The van der Waals surface area contributed by atoms with Crippen LogP contribution in [0, 0.1) is 5.92 Å². The predicted octanol–water partition coefficient (Wildman–Crippen LogP) is 3.15. The van der Waals surface area contributed by atoms with E-state index in [0.717, 1.165) is 11.6 Å². The Balaban J connectivity index is 1.85. The Bertz CT molecular complexity index is 1030. The van der Waals surface area contributed by atoms with Crippen molar-refractivity contribution in [3.05, 3.63) is 47.5 Å². The van der Waals surface area contributed by atoms with E-state index in [1.165, 1.54) is 6.07 Å². The monoisotopic (exact) mass is 449 g/mol. The summed E-state index contributed by atoms with van der Waals surface area (Å²) in [4.78, 5) is 13.3. The van der Waals surface area contributed by atoms with Crippen molar-refractivity contribution >= 4 is 15.8 Å². The van der Waals surface area contributed by atoms with Crippen LogP contribution in [0.4, 0.5) is 0 Å². The van der Waals surface area contributed by atoms with Gasteiger partial charge in [0.15, 0.2) is 5.78 Å². The summed E-state index contributed by atoms with van der Waals surface area (Å²) in [6.45, 7) is 1.99. The van der Waals surface area contributed by atoms with Crippen molar-refractivity contribution in [2.75, 3.05) is 19.4 Å². The largest absolute Gasteiger partial charge is 0.508 e. The summed E-state index contributed by atoms with van der Waals surface area (Å²) < 4.78 is 37.5. The smallest absolute Gasteiger partial charge is 0.211 e. The number of Topliss-reactive ketones (excluding diaryl/α,β-unsaturated/α-hetero) is 1. The fraction of sp³-hybridized carbons (Fsp3) is 0.409. The van der Waals surface area contributed by atoms with Gasteiger partial charge in [-0.3, -0.25) is 4.79 Å². The van der Waals surface area contributed by atoms with Gasteiger partial charge in [-0.05, 0) is 37.0 Å². The lowest BCUT2D eigenvalue weighted by atomic mass is 9.82. The molecule has 0 amide bonds. The molecule has 9 heteroatoms. The van der Waals surface area contributed by atoms with Gasteiger partial charge in [0.2, 0.25) is 10.0 Å². The van der Waals surface area contributed by atoms with E-state index in [2.05, 4.69) is 4.72 Å². The number of phenolic OH excluding ortho intramolecular Hbond substituents is 2. The highest BCUT2D eigenvalue weighted by atomic mass is 32.2. The van der Waals surface area contributed by atoms with E-state index in [9.17, 15) is 23.4 Å². The normalized spacial score (nSPS) is 18.3. The molecule has 8 nitrogen and oxygen atoms in total. The second-order valence-electron chi connectivity index (χ2n) is 7.48. The second kappa shape index (κ2) is 9.57. The van der Waals surface area contributed by atoms with E-state index in [4.69, 9.17) is 9.47 Å². The van der Waals surface area contributed by atoms with E-state index in [1.807, 2.05) is 0 Å². The maximum atomic E-state index is 13.3. The number of aromatic hydroxyl groups is 2. The highest BCUT2D eigenvalue weighted by molar-refractivity contribution is 7.89. The van der Waals surface area contributed by atoms with Gasteiger partial charge in [0, 0.05) is 18.7 Å². The van der Waals surface area contributed by atoms with Crippen molar-refractivity contribution in [3.63, 3.8) is 0 Å². The van der Waals surface area contributed by atoms with Gasteiger partial charge in [-0.2, -0.15) is 0 Å². The van der Waals surface area contributed by atoms with Crippen LogP contribution in [0.5, 0.6) is 23.0 Å². The summed E-state index contributed by atoms with van der Waals surface area (Å²) in [5.41, 5.74) is 0.762. The Morgan fingerprint density at radius 1 is 1.16 bits per heavy atom. The van der Waals surface area contributed by atoms with E-state index >= 15 is 0 Å². The molecule has 1 heterocycles. The Labute approximate surface area is 181 Å². The maximum absolute atomic E-state index is 13.3. The fourth-order valence-electron chi connectivity index (χ4n) is 3.74. The van der Waals surface area contributed by atoms with Gasteiger partial charge in [0.05, 0.1) is 18.8 Å². The molecule has 2 aromatic rings. The molecule has 3 rings (SSSR count). The number of sulfonamides is 1. The molecule has 0 aliphatic carbocycles. The van der Waals surface area contributed by atoms with E-state index < -0.39 is 22.0 Å². The van der Waals surface area contributed by atoms with Crippen LogP contribution in [0.1, 0.15) is 48.2 Å². The number of nitrogens with one attached hydrogen (secondary N) is 1. The number of phenols is 2. The van der Waals surface area contributed by atoms with Crippen LogP contribution < -0.4 is 14.2 Å². The number of carbonyl (C=O) groups excluding carboxylic acids is 1. The van der Waals surface area contributed by atoms with E-state index in [1.54, 1.807) is 38.3 Å². The Hall–Kier alpha value is -2.78. The van der Waals surface area contributed by atoms with Crippen molar-refractivity contribution < 1.29 is 32.9 Å². The van der Waals surface area contributed by atoms with Crippen molar-refractivity contribution in [1.82, 2.24) is 4.72 Å². The number of carbonyl (C=O) groups is 1. The van der Waals surface area contributed by atoms with Crippen LogP contribution in [-0.4, -0.2) is 43.8 Å². The quantitative estimate of drug-likeness (QED) is 0.503. The molecular weight excluding hydrogens is 422 g/mol. The third kappa shape index (κ3) is 5.29. The molecule has 31 heavy (non-hydrogen) atoms. The number of hydrogen-bond donors (Lipinski definition) is 3. The van der Waals surface area contributed by atoms with Gasteiger partial charge in [-0.15, -0.1) is 0 Å². The Kier molecular flexibility index (Phi) is 7.07. The molecule has 0 aromatic heterocycles. The van der Waals surface area contributed by atoms with Crippen molar-refractivity contribution in [2.24, 2.45) is 5.92 Å². The molecule has 0 saturated heterocycles. The third-order valence-corrected chi connectivity index (χ3v) is 6.79. The Morgan fingerprint density at radius 3 is 2.52 bits per heavy atom. The lowest BCUT2D eigenvalue weighted by molar-refractivity contribution is 0.0627. The van der Waals surface area contributed by atoms with E-state index in [-0.39, 0.29) is 40.9 Å². The summed E-state index contributed by atoms with van der Waals surface area (Å²) in [5.74, 6) is -0.671. The van der Waals surface area contributed by atoms with Crippen molar-refractivity contribution in [1.29, 1.82) is 0 Å². The number of benzene rings is 2. The second-order valence-corrected chi connectivity index (χ2v) is 9.40. The zero-order valence-electron chi connectivity index (χ0n) is 17.5. The molecule has 1 aliphatic rings. The molecule has 0 radical (unpaired) electrons. The number of hydrogen-bond acceptors (Lipinski definition) is 7. The molecular formula is C22H27NO7S. The first kappa shape index (κ1) is 22.9.